The molecule has 0 aliphatic heterocycles. The zero-order valence-corrected chi connectivity index (χ0v) is 10.2. The summed E-state index contributed by atoms with van der Waals surface area (Å²) >= 11 is 0. The molecule has 0 radical (unpaired) electrons. The molecule has 0 unspecified atom stereocenters. The highest BCUT2D eigenvalue weighted by Gasteiger charge is 2.19. The maximum atomic E-state index is 4.30. The van der Waals surface area contributed by atoms with Crippen molar-refractivity contribution in [3.63, 3.8) is 0 Å². The first-order valence-corrected chi connectivity index (χ1v) is 5.84. The molecule has 1 aromatic carbocycles. The van der Waals surface area contributed by atoms with Gasteiger partial charge in [-0.1, -0.05) is 39.3 Å². The Morgan fingerprint density at radius 2 is 2.06 bits per heavy atom. The Kier molecular flexibility index (Phi) is 2.90. The first-order valence-electron chi connectivity index (χ1n) is 5.84. The van der Waals surface area contributed by atoms with Gasteiger partial charge in [0.1, 0.15) is 6.33 Å². The van der Waals surface area contributed by atoms with E-state index in [1.807, 2.05) is 6.20 Å². The van der Waals surface area contributed by atoms with Gasteiger partial charge in [-0.05, 0) is 23.5 Å². The summed E-state index contributed by atoms with van der Waals surface area (Å²) in [4.78, 5) is 8.33. The molecule has 0 spiro atoms. The fraction of sp³-hybridized carbons (Fsp3) is 0.429. The van der Waals surface area contributed by atoms with Crippen LogP contribution in [0.5, 0.6) is 0 Å². The highest BCUT2D eigenvalue weighted by Crippen LogP contribution is 2.29. The Labute approximate surface area is 96.7 Å². The molecule has 2 aromatic rings. The number of hydrogen-bond acceptors (Lipinski definition) is 2. The average Bonchev–Trinajstić information content (AvgIpc) is 2.28. The quantitative estimate of drug-likeness (QED) is 0.778. The third-order valence-corrected chi connectivity index (χ3v) is 3.16. The van der Waals surface area contributed by atoms with Crippen molar-refractivity contribution in [3.05, 3.63) is 36.3 Å². The van der Waals surface area contributed by atoms with E-state index in [0.717, 1.165) is 10.9 Å². The van der Waals surface area contributed by atoms with E-state index in [4.69, 9.17) is 0 Å². The van der Waals surface area contributed by atoms with E-state index in [9.17, 15) is 0 Å². The number of aromatic nitrogens is 2. The van der Waals surface area contributed by atoms with Crippen LogP contribution in [0.15, 0.2) is 30.7 Å². The van der Waals surface area contributed by atoms with Crippen molar-refractivity contribution in [1.29, 1.82) is 0 Å². The Balaban J connectivity index is 2.46. The smallest absolute Gasteiger partial charge is 0.116 e. The number of fused-ring (bicyclic) bond motifs is 1. The van der Waals surface area contributed by atoms with Gasteiger partial charge in [-0.3, -0.25) is 0 Å². The Morgan fingerprint density at radius 1 is 1.25 bits per heavy atom. The fourth-order valence-electron chi connectivity index (χ4n) is 2.16. The molecular formula is C14H18N2. The first kappa shape index (κ1) is 11.1. The molecule has 0 N–H and O–H groups in total. The lowest BCUT2D eigenvalue weighted by Gasteiger charge is -2.24. The van der Waals surface area contributed by atoms with Crippen molar-refractivity contribution >= 4 is 10.9 Å². The number of hydrogen-bond donors (Lipinski definition) is 0. The first-order chi connectivity index (χ1) is 7.63. The van der Waals surface area contributed by atoms with Crippen LogP contribution >= 0.6 is 0 Å². The minimum atomic E-state index is 0.230. The van der Waals surface area contributed by atoms with Gasteiger partial charge in [0, 0.05) is 11.6 Å². The van der Waals surface area contributed by atoms with Gasteiger partial charge in [0.15, 0.2) is 0 Å². The SMILES string of the molecule is CCCC(C)(C)c1ccc2cncnc2c1. The second-order valence-electron chi connectivity index (χ2n) is 4.93. The van der Waals surface area contributed by atoms with Gasteiger partial charge in [0.05, 0.1) is 5.52 Å². The van der Waals surface area contributed by atoms with Gasteiger partial charge >= 0.3 is 0 Å². The van der Waals surface area contributed by atoms with Gasteiger partial charge in [-0.2, -0.15) is 0 Å². The van der Waals surface area contributed by atoms with Gasteiger partial charge in [0.25, 0.3) is 0 Å². The standard InChI is InChI=1S/C14H18N2/c1-4-7-14(2,3)12-6-5-11-9-15-10-16-13(11)8-12/h5-6,8-10H,4,7H2,1-3H3. The maximum absolute atomic E-state index is 4.30. The van der Waals surface area contributed by atoms with E-state index in [0.29, 0.717) is 0 Å². The van der Waals surface area contributed by atoms with E-state index in [1.165, 1.54) is 18.4 Å². The van der Waals surface area contributed by atoms with Crippen LogP contribution in [0, 0.1) is 0 Å². The van der Waals surface area contributed by atoms with Gasteiger partial charge in [-0.25, -0.2) is 9.97 Å². The normalized spacial score (nSPS) is 11.9. The van der Waals surface area contributed by atoms with Crippen LogP contribution < -0.4 is 0 Å². The monoisotopic (exact) mass is 214 g/mol. The van der Waals surface area contributed by atoms with E-state index >= 15 is 0 Å². The molecule has 2 nitrogen and oxygen atoms in total. The third-order valence-electron chi connectivity index (χ3n) is 3.16. The number of nitrogens with zero attached hydrogens (tertiary/aromatic N) is 2. The van der Waals surface area contributed by atoms with E-state index in [1.54, 1.807) is 6.33 Å². The van der Waals surface area contributed by atoms with E-state index in [-0.39, 0.29) is 5.41 Å². The highest BCUT2D eigenvalue weighted by molar-refractivity contribution is 5.78. The molecule has 1 heterocycles. The molecule has 0 aliphatic carbocycles. The van der Waals surface area contributed by atoms with E-state index < -0.39 is 0 Å². The van der Waals surface area contributed by atoms with Crippen molar-refractivity contribution in [1.82, 2.24) is 9.97 Å². The molecule has 0 bridgehead atoms. The molecular weight excluding hydrogens is 196 g/mol. The van der Waals surface area contributed by atoms with Crippen molar-refractivity contribution < 1.29 is 0 Å². The van der Waals surface area contributed by atoms with Gasteiger partial charge < -0.3 is 0 Å². The summed E-state index contributed by atoms with van der Waals surface area (Å²) < 4.78 is 0. The predicted octanol–water partition coefficient (Wildman–Crippen LogP) is 3.71. The summed E-state index contributed by atoms with van der Waals surface area (Å²) in [6.07, 6.45) is 5.87. The van der Waals surface area contributed by atoms with Crippen molar-refractivity contribution in [3.8, 4) is 0 Å². The summed E-state index contributed by atoms with van der Waals surface area (Å²) in [5.74, 6) is 0. The van der Waals surface area contributed by atoms with Crippen LogP contribution in [0.2, 0.25) is 0 Å². The van der Waals surface area contributed by atoms with Crippen LogP contribution in [0.25, 0.3) is 10.9 Å². The zero-order chi connectivity index (χ0) is 11.6. The summed E-state index contributed by atoms with van der Waals surface area (Å²) in [5, 5.41) is 1.11. The van der Waals surface area contributed by atoms with Crippen molar-refractivity contribution in [2.75, 3.05) is 0 Å². The highest BCUT2D eigenvalue weighted by atomic mass is 14.8. The predicted molar refractivity (Wildman–Crippen MR) is 67.5 cm³/mol. The second kappa shape index (κ2) is 4.20. The molecule has 2 rings (SSSR count). The van der Waals surface area contributed by atoms with Crippen LogP contribution in [0.4, 0.5) is 0 Å². The maximum Gasteiger partial charge on any atom is 0.116 e. The number of benzene rings is 1. The van der Waals surface area contributed by atoms with Crippen molar-refractivity contribution in [2.24, 2.45) is 0 Å². The molecule has 1 aromatic heterocycles. The Bertz CT molecular complexity index is 489. The summed E-state index contributed by atoms with van der Waals surface area (Å²) in [6, 6.07) is 6.50. The topological polar surface area (TPSA) is 25.8 Å². The lowest BCUT2D eigenvalue weighted by atomic mass is 9.80. The molecule has 0 fully saturated rings. The Hall–Kier alpha value is -1.44. The third kappa shape index (κ3) is 2.06. The summed E-state index contributed by atoms with van der Waals surface area (Å²) in [7, 11) is 0. The molecule has 16 heavy (non-hydrogen) atoms. The number of rotatable bonds is 3. The molecule has 2 heteroatoms. The van der Waals surface area contributed by atoms with Crippen LogP contribution in [0.1, 0.15) is 39.2 Å². The molecule has 0 atom stereocenters. The summed E-state index contributed by atoms with van der Waals surface area (Å²) in [6.45, 7) is 6.81. The van der Waals surface area contributed by atoms with Crippen LogP contribution in [-0.2, 0) is 5.41 Å². The molecule has 84 valence electrons. The molecule has 0 saturated heterocycles. The average molecular weight is 214 g/mol. The van der Waals surface area contributed by atoms with Crippen molar-refractivity contribution in [2.45, 2.75) is 39.0 Å². The van der Waals surface area contributed by atoms with E-state index in [2.05, 4.69) is 48.9 Å². The Morgan fingerprint density at radius 3 is 2.81 bits per heavy atom. The minimum Gasteiger partial charge on any atom is -0.244 e. The van der Waals surface area contributed by atoms with Gasteiger partial charge in [-0.15, -0.1) is 0 Å². The molecule has 0 amide bonds. The van der Waals surface area contributed by atoms with Gasteiger partial charge in [0.2, 0.25) is 0 Å². The lowest BCUT2D eigenvalue weighted by molar-refractivity contribution is 0.473. The van der Waals surface area contributed by atoms with Crippen LogP contribution in [0.3, 0.4) is 0 Å². The fourth-order valence-corrected chi connectivity index (χ4v) is 2.16. The van der Waals surface area contributed by atoms with Crippen LogP contribution in [-0.4, -0.2) is 9.97 Å². The molecule has 0 saturated carbocycles. The minimum absolute atomic E-state index is 0.230. The second-order valence-corrected chi connectivity index (χ2v) is 4.93. The zero-order valence-electron chi connectivity index (χ0n) is 10.2. The summed E-state index contributed by atoms with van der Waals surface area (Å²) in [5.41, 5.74) is 2.63. The largest absolute Gasteiger partial charge is 0.244 e. The lowest BCUT2D eigenvalue weighted by Crippen LogP contribution is -2.16. The molecule has 0 aliphatic rings.